The highest BCUT2D eigenvalue weighted by atomic mass is 16.3. The molecule has 2 N–H and O–H groups in total. The highest BCUT2D eigenvalue weighted by Gasteiger charge is 2.39. The molecule has 3 atom stereocenters. The second-order valence-electron chi connectivity index (χ2n) is 5.12. The fourth-order valence-corrected chi connectivity index (χ4v) is 2.90. The van der Waals surface area contributed by atoms with Gasteiger partial charge in [0.15, 0.2) is 0 Å². The fraction of sp³-hybridized carbons (Fsp3) is 0.538. The van der Waals surface area contributed by atoms with Gasteiger partial charge in [-0.3, -0.25) is 9.78 Å². The number of rotatable bonds is 1. The minimum atomic E-state index is -0.274. The van der Waals surface area contributed by atoms with E-state index >= 15 is 0 Å². The molecule has 1 aromatic rings. The Balaban J connectivity index is 1.76. The molecule has 2 saturated heterocycles. The minimum Gasteiger partial charge on any atom is -0.392 e. The van der Waals surface area contributed by atoms with Crippen molar-refractivity contribution in [2.45, 2.75) is 6.10 Å². The number of hydrogen-bond acceptors (Lipinski definition) is 4. The standard InChI is InChI=1S/C13H17N3O2/c17-12-10-5-15-6-11(12)8-16(7-10)13(18)9-2-1-3-14-4-9/h1-4,10-12,15,17H,5-8H2/t10-,11+,12?. The Kier molecular flexibility index (Phi) is 3.01. The summed E-state index contributed by atoms with van der Waals surface area (Å²) >= 11 is 0. The van der Waals surface area contributed by atoms with E-state index in [1.54, 1.807) is 24.5 Å². The number of aliphatic hydroxyl groups is 1. The molecule has 5 nitrogen and oxygen atoms in total. The van der Waals surface area contributed by atoms with Crippen LogP contribution in [0.2, 0.25) is 0 Å². The summed E-state index contributed by atoms with van der Waals surface area (Å²) in [5.41, 5.74) is 0.625. The first-order valence-electron chi connectivity index (χ1n) is 6.34. The summed E-state index contributed by atoms with van der Waals surface area (Å²) in [5.74, 6) is 0.322. The number of nitrogens with one attached hydrogen (secondary N) is 1. The molecule has 2 aliphatic rings. The molecule has 96 valence electrons. The van der Waals surface area contributed by atoms with Crippen molar-refractivity contribution in [3.63, 3.8) is 0 Å². The molecule has 5 heteroatoms. The van der Waals surface area contributed by atoms with E-state index in [0.29, 0.717) is 18.7 Å². The number of nitrogens with zero attached hydrogens (tertiary/aromatic N) is 2. The Bertz CT molecular complexity index is 423. The third-order valence-electron chi connectivity index (χ3n) is 3.88. The topological polar surface area (TPSA) is 65.5 Å². The Morgan fingerprint density at radius 2 is 2.11 bits per heavy atom. The zero-order valence-corrected chi connectivity index (χ0v) is 10.1. The van der Waals surface area contributed by atoms with Gasteiger partial charge in [-0.15, -0.1) is 0 Å². The van der Waals surface area contributed by atoms with Crippen LogP contribution < -0.4 is 5.32 Å². The molecule has 3 heterocycles. The average Bonchev–Trinajstić information content (AvgIpc) is 2.38. The molecule has 0 spiro atoms. The lowest BCUT2D eigenvalue weighted by Gasteiger charge is -2.45. The number of amides is 1. The van der Waals surface area contributed by atoms with Crippen molar-refractivity contribution in [2.75, 3.05) is 26.2 Å². The first kappa shape index (κ1) is 11.6. The lowest BCUT2D eigenvalue weighted by molar-refractivity contribution is -0.0324. The molecule has 0 aromatic carbocycles. The van der Waals surface area contributed by atoms with Crippen molar-refractivity contribution in [1.29, 1.82) is 0 Å². The van der Waals surface area contributed by atoms with Gasteiger partial charge in [-0.1, -0.05) is 0 Å². The number of carbonyl (C=O) groups is 1. The summed E-state index contributed by atoms with van der Waals surface area (Å²) in [7, 11) is 0. The highest BCUT2D eigenvalue weighted by molar-refractivity contribution is 5.94. The van der Waals surface area contributed by atoms with E-state index in [2.05, 4.69) is 10.3 Å². The van der Waals surface area contributed by atoms with Gasteiger partial charge in [-0.25, -0.2) is 0 Å². The largest absolute Gasteiger partial charge is 0.392 e. The van der Waals surface area contributed by atoms with E-state index in [1.165, 1.54) is 0 Å². The number of carbonyl (C=O) groups excluding carboxylic acids is 1. The molecule has 0 aliphatic carbocycles. The lowest BCUT2D eigenvalue weighted by Crippen LogP contribution is -2.60. The number of hydrogen-bond donors (Lipinski definition) is 2. The second-order valence-corrected chi connectivity index (χ2v) is 5.12. The Morgan fingerprint density at radius 1 is 1.39 bits per heavy atom. The number of likely N-dealkylation sites (tertiary alicyclic amines) is 1. The number of piperidine rings is 2. The van der Waals surface area contributed by atoms with Gasteiger partial charge in [-0.2, -0.15) is 0 Å². The number of pyridine rings is 1. The number of aromatic nitrogens is 1. The van der Waals surface area contributed by atoms with Crippen LogP contribution in [-0.4, -0.2) is 53.2 Å². The van der Waals surface area contributed by atoms with Crippen LogP contribution in [-0.2, 0) is 0 Å². The zero-order valence-electron chi connectivity index (χ0n) is 10.1. The van der Waals surface area contributed by atoms with Crippen LogP contribution in [0.15, 0.2) is 24.5 Å². The fourth-order valence-electron chi connectivity index (χ4n) is 2.90. The van der Waals surface area contributed by atoms with Gasteiger partial charge in [-0.05, 0) is 12.1 Å². The van der Waals surface area contributed by atoms with Crippen LogP contribution in [0.5, 0.6) is 0 Å². The van der Waals surface area contributed by atoms with Crippen molar-refractivity contribution >= 4 is 5.91 Å². The summed E-state index contributed by atoms with van der Waals surface area (Å²) in [5, 5.41) is 13.4. The summed E-state index contributed by atoms with van der Waals surface area (Å²) in [6, 6.07) is 3.56. The van der Waals surface area contributed by atoms with E-state index in [-0.39, 0.29) is 23.8 Å². The molecule has 2 aliphatic heterocycles. The first-order chi connectivity index (χ1) is 8.75. The maximum atomic E-state index is 12.3. The van der Waals surface area contributed by atoms with E-state index < -0.39 is 0 Å². The number of fused-ring (bicyclic) bond motifs is 2. The van der Waals surface area contributed by atoms with Crippen LogP contribution >= 0.6 is 0 Å². The summed E-state index contributed by atoms with van der Waals surface area (Å²) < 4.78 is 0. The van der Waals surface area contributed by atoms with Gasteiger partial charge >= 0.3 is 0 Å². The molecule has 0 radical (unpaired) electrons. The maximum absolute atomic E-state index is 12.3. The van der Waals surface area contributed by atoms with Gasteiger partial charge in [0.1, 0.15) is 0 Å². The molecule has 1 amide bonds. The molecule has 18 heavy (non-hydrogen) atoms. The van der Waals surface area contributed by atoms with Crippen molar-refractivity contribution in [1.82, 2.24) is 15.2 Å². The van der Waals surface area contributed by atoms with Crippen molar-refractivity contribution in [2.24, 2.45) is 11.8 Å². The molecular formula is C13H17N3O2. The molecule has 0 saturated carbocycles. The lowest BCUT2D eigenvalue weighted by atomic mass is 9.82. The molecule has 3 rings (SSSR count). The molecule has 2 fully saturated rings. The van der Waals surface area contributed by atoms with Gasteiger partial charge in [0, 0.05) is 50.4 Å². The van der Waals surface area contributed by atoms with Crippen LogP contribution in [0, 0.1) is 11.8 Å². The van der Waals surface area contributed by atoms with Crippen molar-refractivity contribution < 1.29 is 9.90 Å². The Morgan fingerprint density at radius 3 is 2.72 bits per heavy atom. The average molecular weight is 247 g/mol. The normalized spacial score (nSPS) is 31.2. The SMILES string of the molecule is O=C(c1cccnc1)N1C[C@H]2CNC[C@@H](C1)C2O. The maximum Gasteiger partial charge on any atom is 0.255 e. The monoisotopic (exact) mass is 247 g/mol. The first-order valence-corrected chi connectivity index (χ1v) is 6.34. The predicted octanol–water partition coefficient (Wildman–Crippen LogP) is -0.266. The smallest absolute Gasteiger partial charge is 0.255 e. The quantitative estimate of drug-likeness (QED) is 0.717. The van der Waals surface area contributed by atoms with Crippen LogP contribution in [0.3, 0.4) is 0 Å². The summed E-state index contributed by atoms with van der Waals surface area (Å²) in [4.78, 5) is 18.1. The van der Waals surface area contributed by atoms with Gasteiger partial charge in [0.05, 0.1) is 11.7 Å². The van der Waals surface area contributed by atoms with Gasteiger partial charge < -0.3 is 15.3 Å². The minimum absolute atomic E-state index is 0.0203. The Hall–Kier alpha value is -1.46. The predicted molar refractivity (Wildman–Crippen MR) is 66.0 cm³/mol. The van der Waals surface area contributed by atoms with Crippen molar-refractivity contribution in [3.8, 4) is 0 Å². The molecule has 2 bridgehead atoms. The highest BCUT2D eigenvalue weighted by Crippen LogP contribution is 2.26. The molecular weight excluding hydrogens is 230 g/mol. The Labute approximate surface area is 106 Å². The van der Waals surface area contributed by atoms with Crippen molar-refractivity contribution in [3.05, 3.63) is 30.1 Å². The van der Waals surface area contributed by atoms with Crippen LogP contribution in [0.25, 0.3) is 0 Å². The van der Waals surface area contributed by atoms with E-state index in [4.69, 9.17) is 0 Å². The second kappa shape index (κ2) is 4.66. The van der Waals surface area contributed by atoms with Crippen LogP contribution in [0.1, 0.15) is 10.4 Å². The zero-order chi connectivity index (χ0) is 12.5. The van der Waals surface area contributed by atoms with E-state index in [0.717, 1.165) is 13.1 Å². The van der Waals surface area contributed by atoms with E-state index in [9.17, 15) is 9.90 Å². The summed E-state index contributed by atoms with van der Waals surface area (Å²) in [6.45, 7) is 2.82. The molecule has 1 aromatic heterocycles. The van der Waals surface area contributed by atoms with Crippen LogP contribution in [0.4, 0.5) is 0 Å². The van der Waals surface area contributed by atoms with E-state index in [1.807, 2.05) is 4.90 Å². The summed E-state index contributed by atoms with van der Waals surface area (Å²) in [6.07, 6.45) is 2.99. The van der Waals surface area contributed by atoms with Gasteiger partial charge in [0.2, 0.25) is 0 Å². The third-order valence-corrected chi connectivity index (χ3v) is 3.88. The van der Waals surface area contributed by atoms with Gasteiger partial charge in [0.25, 0.3) is 5.91 Å². The third kappa shape index (κ3) is 2.00. The molecule has 1 unspecified atom stereocenters. The number of aliphatic hydroxyl groups excluding tert-OH is 1.